The second-order valence-corrected chi connectivity index (χ2v) is 5.67. The van der Waals surface area contributed by atoms with Gasteiger partial charge < -0.3 is 5.11 Å². The molecule has 0 aliphatic heterocycles. The molecule has 1 N–H and O–H groups in total. The lowest BCUT2D eigenvalue weighted by Crippen LogP contribution is -2.62. The highest BCUT2D eigenvalue weighted by Gasteiger charge is 2.81. The fourth-order valence-electron chi connectivity index (χ4n) is 2.03. The minimum absolute atomic E-state index is 0.326. The zero-order chi connectivity index (χ0) is 19.2. The van der Waals surface area contributed by atoms with Crippen LogP contribution in [-0.4, -0.2) is 29.1 Å². The molecule has 1 aromatic carbocycles. The summed E-state index contributed by atoms with van der Waals surface area (Å²) < 4.78 is 116. The van der Waals surface area contributed by atoms with Gasteiger partial charge in [-0.25, -0.2) is 0 Å². The number of rotatable bonds is 5. The molecule has 1 unspecified atom stereocenters. The fourth-order valence-corrected chi connectivity index (χ4v) is 2.03. The number of hydrogen-bond donors (Lipinski definition) is 1. The van der Waals surface area contributed by atoms with Crippen LogP contribution in [0.4, 0.5) is 39.5 Å². The maximum Gasteiger partial charge on any atom is 0.460 e. The topological polar surface area (TPSA) is 20.2 Å². The molecule has 0 saturated carbocycles. The standard InChI is InChI=1S/C14H13F9O/c1-8-4-3-5-9(6-8)10(2,24)7-11(15,16)12(17,18)13(19,20)14(21,22)23/h3-6,24H,7H2,1-2H3. The van der Waals surface area contributed by atoms with Gasteiger partial charge in [0.15, 0.2) is 0 Å². The van der Waals surface area contributed by atoms with Crippen LogP contribution >= 0.6 is 0 Å². The summed E-state index contributed by atoms with van der Waals surface area (Å²) in [6, 6.07) is 4.93. The predicted octanol–water partition coefficient (Wildman–Crippen LogP) is 5.06. The largest absolute Gasteiger partial charge is 0.460 e. The molecule has 0 aromatic heterocycles. The highest BCUT2D eigenvalue weighted by atomic mass is 19.4. The van der Waals surface area contributed by atoms with Crippen molar-refractivity contribution < 1.29 is 44.6 Å². The molecular formula is C14H13F9O. The van der Waals surface area contributed by atoms with Gasteiger partial charge in [0.2, 0.25) is 0 Å². The van der Waals surface area contributed by atoms with Gasteiger partial charge in [-0.1, -0.05) is 29.8 Å². The van der Waals surface area contributed by atoms with E-state index in [1.165, 1.54) is 19.1 Å². The van der Waals surface area contributed by atoms with Crippen molar-refractivity contribution in [2.75, 3.05) is 0 Å². The van der Waals surface area contributed by atoms with E-state index in [1.54, 1.807) is 0 Å². The van der Waals surface area contributed by atoms with Crippen molar-refractivity contribution in [3.8, 4) is 0 Å². The molecular weight excluding hydrogens is 355 g/mol. The molecule has 0 fully saturated rings. The van der Waals surface area contributed by atoms with Crippen LogP contribution in [0, 0.1) is 6.92 Å². The van der Waals surface area contributed by atoms with Crippen LogP contribution in [-0.2, 0) is 5.60 Å². The Balaban J connectivity index is 3.24. The molecule has 1 rings (SSSR count). The molecule has 0 radical (unpaired) electrons. The van der Waals surface area contributed by atoms with Gasteiger partial charge in [0.25, 0.3) is 0 Å². The lowest BCUT2D eigenvalue weighted by atomic mass is 9.85. The molecule has 0 amide bonds. The van der Waals surface area contributed by atoms with Gasteiger partial charge in [-0.05, 0) is 19.4 Å². The van der Waals surface area contributed by atoms with E-state index in [1.807, 2.05) is 0 Å². The number of halogens is 9. The van der Waals surface area contributed by atoms with E-state index in [0.29, 0.717) is 12.5 Å². The molecule has 1 aromatic rings. The van der Waals surface area contributed by atoms with Crippen molar-refractivity contribution in [1.29, 1.82) is 0 Å². The summed E-state index contributed by atoms with van der Waals surface area (Å²) in [5.74, 6) is -19.5. The number of alkyl halides is 9. The summed E-state index contributed by atoms with van der Waals surface area (Å²) in [5.41, 5.74) is -2.66. The monoisotopic (exact) mass is 368 g/mol. The smallest absolute Gasteiger partial charge is 0.385 e. The Morgan fingerprint density at radius 2 is 1.38 bits per heavy atom. The average Bonchev–Trinajstić information content (AvgIpc) is 2.35. The zero-order valence-electron chi connectivity index (χ0n) is 12.4. The maximum atomic E-state index is 13.6. The molecule has 0 saturated heterocycles. The van der Waals surface area contributed by atoms with E-state index in [2.05, 4.69) is 0 Å². The van der Waals surface area contributed by atoms with E-state index >= 15 is 0 Å². The zero-order valence-corrected chi connectivity index (χ0v) is 12.4. The van der Waals surface area contributed by atoms with E-state index < -0.39 is 36.0 Å². The van der Waals surface area contributed by atoms with Crippen LogP contribution in [0.5, 0.6) is 0 Å². The number of hydrogen-bond acceptors (Lipinski definition) is 1. The molecule has 138 valence electrons. The Kier molecular flexibility index (Phi) is 4.99. The Labute approximate surface area is 131 Å². The van der Waals surface area contributed by atoms with Crippen molar-refractivity contribution in [2.24, 2.45) is 0 Å². The first-order valence-corrected chi connectivity index (χ1v) is 6.45. The Hall–Kier alpha value is -1.45. The van der Waals surface area contributed by atoms with Crippen molar-refractivity contribution in [1.82, 2.24) is 0 Å². The Morgan fingerprint density at radius 3 is 1.79 bits per heavy atom. The van der Waals surface area contributed by atoms with E-state index in [9.17, 15) is 44.6 Å². The van der Waals surface area contributed by atoms with E-state index in [4.69, 9.17) is 0 Å². The summed E-state index contributed by atoms with van der Waals surface area (Å²) in [4.78, 5) is 0. The van der Waals surface area contributed by atoms with Crippen LogP contribution in [0.2, 0.25) is 0 Å². The molecule has 0 bridgehead atoms. The van der Waals surface area contributed by atoms with Crippen molar-refractivity contribution in [3.63, 3.8) is 0 Å². The van der Waals surface area contributed by atoms with E-state index in [-0.39, 0.29) is 5.56 Å². The number of benzene rings is 1. The number of aryl methyl sites for hydroxylation is 1. The summed E-state index contributed by atoms with van der Waals surface area (Å²) in [6.45, 7) is 2.10. The second-order valence-electron chi connectivity index (χ2n) is 5.67. The SMILES string of the molecule is Cc1cccc(C(C)(O)CC(F)(F)C(F)(F)C(F)(F)C(F)(F)F)c1. The molecule has 1 nitrogen and oxygen atoms in total. The molecule has 24 heavy (non-hydrogen) atoms. The maximum absolute atomic E-state index is 13.6. The second kappa shape index (κ2) is 5.82. The number of aliphatic hydroxyl groups is 1. The van der Waals surface area contributed by atoms with E-state index in [0.717, 1.165) is 12.1 Å². The van der Waals surface area contributed by atoms with Crippen LogP contribution in [0.1, 0.15) is 24.5 Å². The normalized spacial score (nSPS) is 16.8. The molecule has 1 atom stereocenters. The first-order valence-electron chi connectivity index (χ1n) is 6.45. The first-order chi connectivity index (χ1) is 10.5. The molecule has 0 spiro atoms. The average molecular weight is 368 g/mol. The van der Waals surface area contributed by atoms with Gasteiger partial charge in [-0.15, -0.1) is 0 Å². The quantitative estimate of drug-likeness (QED) is 0.721. The summed E-state index contributed by atoms with van der Waals surface area (Å²) in [5, 5.41) is 9.94. The molecule has 10 heteroatoms. The van der Waals surface area contributed by atoms with Gasteiger partial charge in [-0.2, -0.15) is 39.5 Å². The van der Waals surface area contributed by atoms with Crippen LogP contribution in [0.25, 0.3) is 0 Å². The summed E-state index contributed by atoms with van der Waals surface area (Å²) in [7, 11) is 0. The van der Waals surface area contributed by atoms with Crippen LogP contribution < -0.4 is 0 Å². The third-order valence-electron chi connectivity index (χ3n) is 3.42. The molecule has 0 aliphatic carbocycles. The van der Waals surface area contributed by atoms with Gasteiger partial charge in [0, 0.05) is 0 Å². The fraction of sp³-hybridized carbons (Fsp3) is 0.571. The lowest BCUT2D eigenvalue weighted by molar-refractivity contribution is -0.400. The highest BCUT2D eigenvalue weighted by molar-refractivity contribution is 5.27. The van der Waals surface area contributed by atoms with Crippen LogP contribution in [0.3, 0.4) is 0 Å². The summed E-state index contributed by atoms with van der Waals surface area (Å²) >= 11 is 0. The minimum atomic E-state index is -6.97. The Bertz CT molecular complexity index is 590. The van der Waals surface area contributed by atoms with Crippen LogP contribution in [0.15, 0.2) is 24.3 Å². The first kappa shape index (κ1) is 20.6. The molecule has 0 aliphatic rings. The van der Waals surface area contributed by atoms with Gasteiger partial charge in [0.05, 0.1) is 12.0 Å². The van der Waals surface area contributed by atoms with Crippen molar-refractivity contribution in [3.05, 3.63) is 35.4 Å². The highest BCUT2D eigenvalue weighted by Crippen LogP contribution is 2.55. The third-order valence-corrected chi connectivity index (χ3v) is 3.42. The van der Waals surface area contributed by atoms with Crippen molar-refractivity contribution in [2.45, 2.75) is 49.8 Å². The van der Waals surface area contributed by atoms with Gasteiger partial charge in [-0.3, -0.25) is 0 Å². The third kappa shape index (κ3) is 3.47. The predicted molar refractivity (Wildman–Crippen MR) is 66.3 cm³/mol. The lowest BCUT2D eigenvalue weighted by Gasteiger charge is -2.37. The molecule has 0 heterocycles. The summed E-state index contributed by atoms with van der Waals surface area (Å²) in [6.07, 6.45) is -9.21. The van der Waals surface area contributed by atoms with Gasteiger partial charge in [0.1, 0.15) is 0 Å². The minimum Gasteiger partial charge on any atom is -0.385 e. The van der Waals surface area contributed by atoms with Gasteiger partial charge >= 0.3 is 23.9 Å². The Morgan fingerprint density at radius 1 is 0.875 bits per heavy atom. The van der Waals surface area contributed by atoms with Crippen molar-refractivity contribution >= 4 is 0 Å².